The maximum Gasteiger partial charge on any atom is 0.155 e. The lowest BCUT2D eigenvalue weighted by atomic mass is 9.98. The number of fused-ring (bicyclic) bond motifs is 1. The third-order valence-electron chi connectivity index (χ3n) is 7.89. The molecule has 0 saturated carbocycles. The third kappa shape index (κ3) is 6.50. The quantitative estimate of drug-likeness (QED) is 0.146. The van der Waals surface area contributed by atoms with Crippen LogP contribution >= 0.6 is 0 Å². The molecule has 6 aromatic rings. The topological polar surface area (TPSA) is 49.6 Å². The number of nitrogens with zero attached hydrogens (tertiary/aromatic N) is 3. The molecule has 4 nitrogen and oxygen atoms in total. The molecule has 0 spiro atoms. The molecule has 1 heterocycles. The fourth-order valence-electron chi connectivity index (χ4n) is 5.43. The smallest absolute Gasteiger partial charge is 0.155 e. The van der Waals surface area contributed by atoms with E-state index in [0.717, 1.165) is 68.2 Å². The van der Waals surface area contributed by atoms with Gasteiger partial charge in [-0.2, -0.15) is 0 Å². The van der Waals surface area contributed by atoms with Crippen molar-refractivity contribution in [3.05, 3.63) is 162 Å². The van der Waals surface area contributed by atoms with Gasteiger partial charge < -0.3 is 5.32 Å². The van der Waals surface area contributed by atoms with Gasteiger partial charge in [-0.15, -0.1) is 0 Å². The van der Waals surface area contributed by atoms with Gasteiger partial charge in [-0.1, -0.05) is 116 Å². The highest BCUT2D eigenvalue weighted by molar-refractivity contribution is 6.12. The van der Waals surface area contributed by atoms with E-state index in [4.69, 9.17) is 9.98 Å². The van der Waals surface area contributed by atoms with Crippen molar-refractivity contribution in [3.63, 3.8) is 0 Å². The molecule has 0 aliphatic rings. The van der Waals surface area contributed by atoms with Crippen LogP contribution in [-0.4, -0.2) is 16.5 Å². The predicted octanol–water partition coefficient (Wildman–Crippen LogP) is 10.4. The standard InChI is InChI=1S/C40H36N4/c1-4-37(31-15-7-5-8-16-31)43-39(32-17-9-6-10-18-32)42-29(3)33-19-13-20-34(27-33)35-22-23-38(28(2)26-35)44-40-36-21-12-11-14-30(36)24-25-41-40/h5-27,29H,4H2,1-3H3,(H,41,44)/t29-/m0/s1. The van der Waals surface area contributed by atoms with Crippen LogP contribution in [0, 0.1) is 6.92 Å². The van der Waals surface area contributed by atoms with Gasteiger partial charge in [0.25, 0.3) is 0 Å². The average Bonchev–Trinajstić information content (AvgIpc) is 3.08. The highest BCUT2D eigenvalue weighted by Gasteiger charge is 2.12. The summed E-state index contributed by atoms with van der Waals surface area (Å²) in [5.74, 6) is 1.61. The van der Waals surface area contributed by atoms with Gasteiger partial charge in [-0.05, 0) is 77.7 Å². The highest BCUT2D eigenvalue weighted by Crippen LogP contribution is 2.31. The van der Waals surface area contributed by atoms with Crippen LogP contribution in [0.3, 0.4) is 0 Å². The summed E-state index contributed by atoms with van der Waals surface area (Å²) in [5.41, 5.74) is 8.82. The van der Waals surface area contributed by atoms with E-state index in [2.05, 4.69) is 128 Å². The van der Waals surface area contributed by atoms with Crippen molar-refractivity contribution in [2.75, 3.05) is 5.32 Å². The molecule has 5 aromatic carbocycles. The number of anilines is 2. The molecule has 44 heavy (non-hydrogen) atoms. The molecule has 4 heteroatoms. The van der Waals surface area contributed by atoms with E-state index in [-0.39, 0.29) is 6.04 Å². The number of hydrogen-bond donors (Lipinski definition) is 1. The van der Waals surface area contributed by atoms with E-state index in [1.54, 1.807) is 0 Å². The maximum absolute atomic E-state index is 5.18. The zero-order valence-electron chi connectivity index (χ0n) is 25.4. The Morgan fingerprint density at radius 1 is 0.727 bits per heavy atom. The monoisotopic (exact) mass is 572 g/mol. The second-order valence-corrected chi connectivity index (χ2v) is 10.9. The molecule has 0 saturated heterocycles. The number of amidine groups is 1. The molecule has 0 amide bonds. The van der Waals surface area contributed by atoms with Gasteiger partial charge in [-0.3, -0.25) is 4.99 Å². The van der Waals surface area contributed by atoms with Crippen LogP contribution < -0.4 is 5.32 Å². The summed E-state index contributed by atoms with van der Waals surface area (Å²) < 4.78 is 0. The number of pyridine rings is 1. The van der Waals surface area contributed by atoms with Crippen molar-refractivity contribution < 1.29 is 0 Å². The molecule has 0 unspecified atom stereocenters. The van der Waals surface area contributed by atoms with Crippen molar-refractivity contribution in [3.8, 4) is 11.1 Å². The van der Waals surface area contributed by atoms with E-state index < -0.39 is 0 Å². The molecular weight excluding hydrogens is 536 g/mol. The Balaban J connectivity index is 1.29. The Kier molecular flexibility index (Phi) is 8.70. The molecular formula is C40H36N4. The Bertz CT molecular complexity index is 1940. The van der Waals surface area contributed by atoms with Crippen LogP contribution in [-0.2, 0) is 0 Å². The normalized spacial score (nSPS) is 12.7. The maximum atomic E-state index is 5.18. The van der Waals surface area contributed by atoms with Crippen molar-refractivity contribution >= 4 is 33.8 Å². The van der Waals surface area contributed by atoms with Gasteiger partial charge in [0.1, 0.15) is 5.82 Å². The van der Waals surface area contributed by atoms with E-state index >= 15 is 0 Å². The van der Waals surface area contributed by atoms with Crippen LogP contribution in [0.2, 0.25) is 0 Å². The van der Waals surface area contributed by atoms with Crippen molar-refractivity contribution in [1.82, 2.24) is 4.98 Å². The molecule has 0 bridgehead atoms. The Morgan fingerprint density at radius 3 is 2.18 bits per heavy atom. The van der Waals surface area contributed by atoms with Crippen molar-refractivity contribution in [1.29, 1.82) is 0 Å². The molecule has 0 fully saturated rings. The number of benzene rings is 5. The summed E-state index contributed by atoms with van der Waals surface area (Å²) in [5, 5.41) is 5.82. The lowest BCUT2D eigenvalue weighted by Crippen LogP contribution is -2.07. The molecule has 1 aromatic heterocycles. The number of hydrogen-bond acceptors (Lipinski definition) is 3. The van der Waals surface area contributed by atoms with E-state index in [9.17, 15) is 0 Å². The largest absolute Gasteiger partial charge is 0.340 e. The second kappa shape index (κ2) is 13.3. The minimum absolute atomic E-state index is 0.0812. The van der Waals surface area contributed by atoms with Gasteiger partial charge in [0.2, 0.25) is 0 Å². The van der Waals surface area contributed by atoms with Gasteiger partial charge >= 0.3 is 0 Å². The predicted molar refractivity (Wildman–Crippen MR) is 186 cm³/mol. The van der Waals surface area contributed by atoms with Gasteiger partial charge in [-0.25, -0.2) is 9.98 Å². The number of aryl methyl sites for hydroxylation is 1. The summed E-state index contributed by atoms with van der Waals surface area (Å²) in [6, 6.07) is 46.1. The van der Waals surface area contributed by atoms with Crippen LogP contribution in [0.1, 0.15) is 48.6 Å². The van der Waals surface area contributed by atoms with Gasteiger partial charge in [0.15, 0.2) is 5.84 Å². The fraction of sp³-hybridized carbons (Fsp3) is 0.125. The number of nitrogens with one attached hydrogen (secondary N) is 1. The Hall–Kier alpha value is -5.35. The highest BCUT2D eigenvalue weighted by atomic mass is 15.0. The summed E-state index contributed by atoms with van der Waals surface area (Å²) in [6.07, 6.45) is 2.67. The van der Waals surface area contributed by atoms with Gasteiger partial charge in [0.05, 0.1) is 6.04 Å². The zero-order valence-corrected chi connectivity index (χ0v) is 25.4. The molecule has 1 N–H and O–H groups in total. The van der Waals surface area contributed by atoms with Crippen molar-refractivity contribution in [2.45, 2.75) is 33.2 Å². The van der Waals surface area contributed by atoms with Crippen LogP contribution in [0.4, 0.5) is 11.5 Å². The van der Waals surface area contributed by atoms with Crippen LogP contribution in [0.15, 0.2) is 150 Å². The lowest BCUT2D eigenvalue weighted by molar-refractivity contribution is 0.819. The molecule has 6 rings (SSSR count). The average molecular weight is 573 g/mol. The first-order valence-electron chi connectivity index (χ1n) is 15.2. The summed E-state index contributed by atoms with van der Waals surface area (Å²) >= 11 is 0. The minimum atomic E-state index is -0.0812. The van der Waals surface area contributed by atoms with Crippen molar-refractivity contribution in [2.24, 2.45) is 9.98 Å². The Morgan fingerprint density at radius 2 is 1.43 bits per heavy atom. The van der Waals surface area contributed by atoms with Crippen LogP contribution in [0.25, 0.3) is 21.9 Å². The molecule has 1 atom stereocenters. The minimum Gasteiger partial charge on any atom is -0.340 e. The Labute approximate surface area is 259 Å². The summed E-state index contributed by atoms with van der Waals surface area (Å²) in [6.45, 7) is 6.42. The second-order valence-electron chi connectivity index (χ2n) is 10.9. The summed E-state index contributed by atoms with van der Waals surface area (Å²) in [4.78, 5) is 14.9. The first-order chi connectivity index (χ1) is 21.6. The first kappa shape index (κ1) is 28.8. The molecule has 0 aliphatic heterocycles. The lowest BCUT2D eigenvalue weighted by Gasteiger charge is -2.14. The fourth-order valence-corrected chi connectivity index (χ4v) is 5.43. The first-order valence-corrected chi connectivity index (χ1v) is 15.2. The van der Waals surface area contributed by atoms with Crippen LogP contribution in [0.5, 0.6) is 0 Å². The molecule has 216 valence electrons. The van der Waals surface area contributed by atoms with E-state index in [1.165, 1.54) is 5.39 Å². The summed E-state index contributed by atoms with van der Waals surface area (Å²) in [7, 11) is 0. The molecule has 0 aliphatic carbocycles. The number of aromatic nitrogens is 1. The van der Waals surface area contributed by atoms with Gasteiger partial charge in [0, 0.05) is 28.5 Å². The van der Waals surface area contributed by atoms with E-state index in [1.807, 2.05) is 42.6 Å². The van der Waals surface area contributed by atoms with E-state index in [0.29, 0.717) is 0 Å². The SMILES string of the molecule is CCC(=NC(=N[C@@H](C)c1cccc(-c2ccc(Nc3nccc4ccccc34)c(C)c2)c1)c1ccccc1)c1ccccc1. The zero-order chi connectivity index (χ0) is 30.3. The number of rotatable bonds is 8. The molecule has 0 radical (unpaired) electrons. The third-order valence-corrected chi connectivity index (χ3v) is 7.89. The number of aliphatic imine (C=N–C) groups is 2.